The highest BCUT2D eigenvalue weighted by Gasteiger charge is 2.21. The smallest absolute Gasteiger partial charge is 0.121 e. The van der Waals surface area contributed by atoms with Crippen molar-refractivity contribution in [3.8, 4) is 5.75 Å². The lowest BCUT2D eigenvalue weighted by Gasteiger charge is -2.31. The summed E-state index contributed by atoms with van der Waals surface area (Å²) in [6.45, 7) is 4.32. The second kappa shape index (κ2) is 5.77. The first-order chi connectivity index (χ1) is 8.04. The summed E-state index contributed by atoms with van der Waals surface area (Å²) < 4.78 is 5.11. The Morgan fingerprint density at radius 1 is 1.47 bits per heavy atom. The normalized spacial score (nSPS) is 14.1. The molecule has 1 atom stereocenters. The number of anilines is 2. The van der Waals surface area contributed by atoms with Crippen LogP contribution < -0.4 is 15.8 Å². The number of nitrogen functional groups attached to an aromatic ring is 1. The molecule has 0 saturated carbocycles. The maximum atomic E-state index is 9.07. The van der Waals surface area contributed by atoms with Crippen molar-refractivity contribution in [1.82, 2.24) is 0 Å². The van der Waals surface area contributed by atoms with E-state index in [9.17, 15) is 0 Å². The maximum absolute atomic E-state index is 9.07. The third kappa shape index (κ3) is 3.53. The lowest BCUT2D eigenvalue weighted by Crippen LogP contribution is -2.35. The van der Waals surface area contributed by atoms with Gasteiger partial charge in [0.05, 0.1) is 18.5 Å². The van der Waals surface area contributed by atoms with E-state index in [-0.39, 0.29) is 12.1 Å². The summed E-state index contributed by atoms with van der Waals surface area (Å²) in [6.07, 6.45) is 1.61. The molecule has 4 heteroatoms. The van der Waals surface area contributed by atoms with E-state index in [1.54, 1.807) is 13.2 Å². The molecule has 4 nitrogen and oxygen atoms in total. The van der Waals surface area contributed by atoms with Crippen molar-refractivity contribution in [2.75, 3.05) is 24.8 Å². The van der Waals surface area contributed by atoms with Gasteiger partial charge in [0.25, 0.3) is 0 Å². The molecule has 0 saturated heterocycles. The van der Waals surface area contributed by atoms with Crippen molar-refractivity contribution in [2.24, 2.45) is 0 Å². The highest BCUT2D eigenvalue weighted by atomic mass is 16.5. The number of nitrogens with two attached hydrogens (primary N) is 1. The highest BCUT2D eigenvalue weighted by Crippen LogP contribution is 2.29. The lowest BCUT2D eigenvalue weighted by molar-refractivity contribution is 0.252. The molecule has 1 aromatic rings. The zero-order chi connectivity index (χ0) is 12.9. The van der Waals surface area contributed by atoms with Crippen LogP contribution in [0.5, 0.6) is 5.75 Å². The minimum absolute atomic E-state index is 0.141. The second-order valence-electron chi connectivity index (χ2n) is 4.47. The molecule has 0 amide bonds. The molecule has 17 heavy (non-hydrogen) atoms. The molecule has 4 N–H and O–H groups in total. The Kier molecular flexibility index (Phi) is 4.63. The van der Waals surface area contributed by atoms with E-state index >= 15 is 0 Å². The Labute approximate surface area is 103 Å². The van der Waals surface area contributed by atoms with E-state index in [2.05, 4.69) is 19.2 Å². The molecule has 0 aliphatic heterocycles. The number of nitrogens with one attached hydrogen (secondary N) is 1. The van der Waals surface area contributed by atoms with Crippen molar-refractivity contribution in [3.05, 3.63) is 18.2 Å². The molecule has 0 aliphatic carbocycles. The van der Waals surface area contributed by atoms with Crippen LogP contribution in [0.3, 0.4) is 0 Å². The Bertz CT molecular complexity index is 368. The van der Waals surface area contributed by atoms with Crippen LogP contribution in [-0.4, -0.2) is 24.4 Å². The fourth-order valence-corrected chi connectivity index (χ4v) is 1.68. The standard InChI is InChI=1S/C13H22N2O2/c1-4-13(2,7-8-16)15-12-6-5-10(17-3)9-11(12)14/h5-6,9,15-16H,4,7-8,14H2,1-3H3. The SMILES string of the molecule is CCC(C)(CCO)Nc1ccc(OC)cc1N. The number of hydrogen-bond donors (Lipinski definition) is 3. The van der Waals surface area contributed by atoms with Crippen LogP contribution in [0.25, 0.3) is 0 Å². The molecule has 0 bridgehead atoms. The van der Waals surface area contributed by atoms with Gasteiger partial charge < -0.3 is 20.9 Å². The van der Waals surface area contributed by atoms with Gasteiger partial charge in [0.1, 0.15) is 5.75 Å². The monoisotopic (exact) mass is 238 g/mol. The first-order valence-electron chi connectivity index (χ1n) is 5.87. The van der Waals surface area contributed by atoms with Crippen LogP contribution in [0, 0.1) is 0 Å². The predicted molar refractivity (Wildman–Crippen MR) is 71.4 cm³/mol. The summed E-state index contributed by atoms with van der Waals surface area (Å²) in [5.74, 6) is 0.744. The van der Waals surface area contributed by atoms with Gasteiger partial charge in [-0.25, -0.2) is 0 Å². The average molecular weight is 238 g/mol. The van der Waals surface area contributed by atoms with Gasteiger partial charge in [-0.1, -0.05) is 6.92 Å². The molecule has 0 heterocycles. The number of ether oxygens (including phenoxy) is 1. The zero-order valence-corrected chi connectivity index (χ0v) is 10.8. The van der Waals surface area contributed by atoms with Crippen LogP contribution in [0.4, 0.5) is 11.4 Å². The molecule has 0 fully saturated rings. The topological polar surface area (TPSA) is 67.5 Å². The molecule has 1 unspecified atom stereocenters. The summed E-state index contributed by atoms with van der Waals surface area (Å²) in [5, 5.41) is 12.5. The van der Waals surface area contributed by atoms with E-state index in [0.717, 1.165) is 17.9 Å². The molecule has 0 aliphatic rings. The molecular formula is C13H22N2O2. The fraction of sp³-hybridized carbons (Fsp3) is 0.538. The largest absolute Gasteiger partial charge is 0.497 e. The molecule has 1 rings (SSSR count). The van der Waals surface area contributed by atoms with Gasteiger partial charge in [0.2, 0.25) is 0 Å². The molecular weight excluding hydrogens is 216 g/mol. The third-order valence-corrected chi connectivity index (χ3v) is 3.14. The van der Waals surface area contributed by atoms with E-state index in [0.29, 0.717) is 12.1 Å². The van der Waals surface area contributed by atoms with E-state index in [1.807, 2.05) is 12.1 Å². The Morgan fingerprint density at radius 2 is 2.18 bits per heavy atom. The Hall–Kier alpha value is -1.42. The lowest BCUT2D eigenvalue weighted by atomic mass is 9.94. The minimum Gasteiger partial charge on any atom is -0.497 e. The number of methoxy groups -OCH3 is 1. The van der Waals surface area contributed by atoms with E-state index in [4.69, 9.17) is 15.6 Å². The van der Waals surface area contributed by atoms with Gasteiger partial charge in [-0.3, -0.25) is 0 Å². The van der Waals surface area contributed by atoms with Gasteiger partial charge in [0, 0.05) is 18.2 Å². The first kappa shape index (κ1) is 13.6. The summed E-state index contributed by atoms with van der Waals surface area (Å²) in [5.41, 5.74) is 7.34. The van der Waals surface area contributed by atoms with Crippen LogP contribution in [0.1, 0.15) is 26.7 Å². The van der Waals surface area contributed by atoms with Crippen molar-refractivity contribution in [3.63, 3.8) is 0 Å². The van der Waals surface area contributed by atoms with Crippen LogP contribution in [0.2, 0.25) is 0 Å². The van der Waals surface area contributed by atoms with Crippen LogP contribution >= 0.6 is 0 Å². The van der Waals surface area contributed by atoms with Crippen molar-refractivity contribution in [1.29, 1.82) is 0 Å². The summed E-state index contributed by atoms with van der Waals surface area (Å²) >= 11 is 0. The first-order valence-corrected chi connectivity index (χ1v) is 5.87. The van der Waals surface area contributed by atoms with Crippen LogP contribution in [0.15, 0.2) is 18.2 Å². The molecule has 96 valence electrons. The Balaban J connectivity index is 2.86. The van der Waals surface area contributed by atoms with Crippen molar-refractivity contribution < 1.29 is 9.84 Å². The minimum atomic E-state index is -0.141. The summed E-state index contributed by atoms with van der Waals surface area (Å²) in [6, 6.07) is 5.56. The number of hydrogen-bond acceptors (Lipinski definition) is 4. The van der Waals surface area contributed by atoms with Crippen molar-refractivity contribution >= 4 is 11.4 Å². The van der Waals surface area contributed by atoms with Gasteiger partial charge in [-0.2, -0.15) is 0 Å². The predicted octanol–water partition coefficient (Wildman–Crippen LogP) is 2.24. The zero-order valence-electron chi connectivity index (χ0n) is 10.8. The molecule has 0 aromatic heterocycles. The highest BCUT2D eigenvalue weighted by molar-refractivity contribution is 5.69. The van der Waals surface area contributed by atoms with E-state index < -0.39 is 0 Å². The molecule has 0 radical (unpaired) electrons. The Morgan fingerprint density at radius 3 is 2.65 bits per heavy atom. The average Bonchev–Trinajstić information content (AvgIpc) is 2.32. The fourth-order valence-electron chi connectivity index (χ4n) is 1.68. The second-order valence-corrected chi connectivity index (χ2v) is 4.47. The summed E-state index contributed by atoms with van der Waals surface area (Å²) in [7, 11) is 1.61. The number of aliphatic hydroxyl groups excluding tert-OH is 1. The van der Waals surface area contributed by atoms with Crippen molar-refractivity contribution in [2.45, 2.75) is 32.2 Å². The van der Waals surface area contributed by atoms with Crippen LogP contribution in [-0.2, 0) is 0 Å². The van der Waals surface area contributed by atoms with Gasteiger partial charge in [0.15, 0.2) is 0 Å². The number of aliphatic hydroxyl groups is 1. The van der Waals surface area contributed by atoms with Gasteiger partial charge in [-0.15, -0.1) is 0 Å². The number of benzene rings is 1. The third-order valence-electron chi connectivity index (χ3n) is 3.14. The quantitative estimate of drug-likeness (QED) is 0.665. The van der Waals surface area contributed by atoms with E-state index in [1.165, 1.54) is 0 Å². The maximum Gasteiger partial charge on any atom is 0.121 e. The molecule has 1 aromatic carbocycles. The summed E-state index contributed by atoms with van der Waals surface area (Å²) in [4.78, 5) is 0. The molecule has 0 spiro atoms. The van der Waals surface area contributed by atoms with Gasteiger partial charge in [-0.05, 0) is 31.9 Å². The number of rotatable bonds is 6. The van der Waals surface area contributed by atoms with Gasteiger partial charge >= 0.3 is 0 Å².